The lowest BCUT2D eigenvalue weighted by molar-refractivity contribution is -0.141. The van der Waals surface area contributed by atoms with E-state index < -0.39 is 18.5 Å². The highest BCUT2D eigenvalue weighted by molar-refractivity contribution is 7.99. The Kier molecular flexibility index (Phi) is 7.19. The third-order valence-electron chi connectivity index (χ3n) is 3.80. The van der Waals surface area contributed by atoms with Gasteiger partial charge in [-0.3, -0.25) is 9.55 Å². The zero-order valence-corrected chi connectivity index (χ0v) is 17.1. The summed E-state index contributed by atoms with van der Waals surface area (Å²) in [5.41, 5.74) is 1.14. The highest BCUT2D eigenvalue weighted by atomic mass is 32.2. The van der Waals surface area contributed by atoms with Gasteiger partial charge in [-0.05, 0) is 29.8 Å². The van der Waals surface area contributed by atoms with Gasteiger partial charge >= 0.3 is 6.18 Å². The first kappa shape index (κ1) is 22.3. The standard InChI is InChI=1S/C18H15F5N4OS2/c1-28-13-8-11(2-3-14(13)30-16(19)20)9-29-17-26-25-15(12-4-6-24-7-5-12)27(17)10-18(21,22)23/h2-8,16H,9-10H2,1H3. The number of methoxy groups -OCH3 is 1. The van der Waals surface area contributed by atoms with Crippen LogP contribution in [0.5, 0.6) is 5.75 Å². The van der Waals surface area contributed by atoms with Gasteiger partial charge in [-0.25, -0.2) is 0 Å². The second-order valence-corrected chi connectivity index (χ2v) is 7.87. The summed E-state index contributed by atoms with van der Waals surface area (Å²) in [5, 5.41) is 7.92. The molecule has 1 aromatic carbocycles. The molecule has 0 radical (unpaired) electrons. The number of hydrogen-bond donors (Lipinski definition) is 0. The van der Waals surface area contributed by atoms with Crippen molar-refractivity contribution in [2.75, 3.05) is 7.11 Å². The molecule has 0 aliphatic heterocycles. The maximum absolute atomic E-state index is 13.1. The second kappa shape index (κ2) is 9.65. The first-order valence-electron chi connectivity index (χ1n) is 8.41. The van der Waals surface area contributed by atoms with E-state index in [1.807, 2.05) is 0 Å². The van der Waals surface area contributed by atoms with Crippen molar-refractivity contribution in [1.82, 2.24) is 19.7 Å². The molecule has 160 valence electrons. The second-order valence-electron chi connectivity index (χ2n) is 5.90. The van der Waals surface area contributed by atoms with E-state index in [1.54, 1.807) is 24.3 Å². The number of ether oxygens (including phenoxy) is 1. The molecule has 0 bridgehead atoms. The molecule has 12 heteroatoms. The van der Waals surface area contributed by atoms with Crippen LogP contribution >= 0.6 is 23.5 Å². The zero-order valence-electron chi connectivity index (χ0n) is 15.4. The van der Waals surface area contributed by atoms with E-state index in [-0.39, 0.29) is 27.4 Å². The van der Waals surface area contributed by atoms with Crippen molar-refractivity contribution in [2.24, 2.45) is 0 Å². The van der Waals surface area contributed by atoms with Gasteiger partial charge in [-0.1, -0.05) is 29.6 Å². The van der Waals surface area contributed by atoms with E-state index in [9.17, 15) is 22.0 Å². The third kappa shape index (κ3) is 5.85. The van der Waals surface area contributed by atoms with Crippen LogP contribution in [0.3, 0.4) is 0 Å². The Balaban J connectivity index is 1.84. The summed E-state index contributed by atoms with van der Waals surface area (Å²) in [6.07, 6.45) is -1.54. The number of halogens is 5. The Labute approximate surface area is 177 Å². The zero-order chi connectivity index (χ0) is 21.7. The molecule has 0 atom stereocenters. The smallest absolute Gasteiger partial charge is 0.406 e. The molecule has 3 aromatic rings. The molecule has 0 saturated heterocycles. The summed E-state index contributed by atoms with van der Waals surface area (Å²) in [4.78, 5) is 4.13. The van der Waals surface area contributed by atoms with E-state index in [4.69, 9.17) is 4.74 Å². The van der Waals surface area contributed by atoms with Crippen LogP contribution in [0.2, 0.25) is 0 Å². The summed E-state index contributed by atoms with van der Waals surface area (Å²) < 4.78 is 70.8. The molecule has 5 nitrogen and oxygen atoms in total. The van der Waals surface area contributed by atoms with Crippen molar-refractivity contribution >= 4 is 23.5 Å². The molecule has 0 aliphatic rings. The molecule has 2 heterocycles. The van der Waals surface area contributed by atoms with Crippen LogP contribution in [0.1, 0.15) is 5.56 Å². The number of nitrogens with zero attached hydrogens (tertiary/aromatic N) is 4. The average molecular weight is 462 g/mol. The number of hydrogen-bond acceptors (Lipinski definition) is 6. The van der Waals surface area contributed by atoms with Crippen LogP contribution in [-0.2, 0) is 12.3 Å². The SMILES string of the molecule is COc1cc(CSc2nnc(-c3ccncc3)n2CC(F)(F)F)ccc1SC(F)F. The number of thioether (sulfide) groups is 2. The highest BCUT2D eigenvalue weighted by Crippen LogP contribution is 2.36. The fourth-order valence-electron chi connectivity index (χ4n) is 2.57. The fraction of sp³-hybridized carbons (Fsp3) is 0.278. The quantitative estimate of drug-likeness (QED) is 0.325. The lowest BCUT2D eigenvalue weighted by atomic mass is 10.2. The molecule has 2 aromatic heterocycles. The lowest BCUT2D eigenvalue weighted by Gasteiger charge is -2.13. The fourth-order valence-corrected chi connectivity index (χ4v) is 4.05. The number of aromatic nitrogens is 4. The number of pyridine rings is 1. The van der Waals surface area contributed by atoms with Crippen molar-refractivity contribution in [1.29, 1.82) is 0 Å². The molecular formula is C18H15F5N4OS2. The normalized spacial score (nSPS) is 11.8. The highest BCUT2D eigenvalue weighted by Gasteiger charge is 2.31. The van der Waals surface area contributed by atoms with E-state index in [0.29, 0.717) is 22.9 Å². The maximum atomic E-state index is 13.1. The van der Waals surface area contributed by atoms with Crippen LogP contribution in [-0.4, -0.2) is 38.8 Å². The first-order chi connectivity index (χ1) is 14.3. The summed E-state index contributed by atoms with van der Waals surface area (Å²) in [7, 11) is 1.36. The van der Waals surface area contributed by atoms with E-state index in [0.717, 1.165) is 16.3 Å². The third-order valence-corrected chi connectivity index (χ3v) is 5.61. The van der Waals surface area contributed by atoms with Gasteiger partial charge in [0.25, 0.3) is 5.76 Å². The van der Waals surface area contributed by atoms with Gasteiger partial charge in [0, 0.05) is 23.7 Å². The van der Waals surface area contributed by atoms with Gasteiger partial charge < -0.3 is 4.74 Å². The monoisotopic (exact) mass is 462 g/mol. The average Bonchev–Trinajstić information content (AvgIpc) is 3.08. The van der Waals surface area contributed by atoms with E-state index >= 15 is 0 Å². The van der Waals surface area contributed by atoms with Crippen LogP contribution in [0.15, 0.2) is 52.8 Å². The molecule has 30 heavy (non-hydrogen) atoms. The van der Waals surface area contributed by atoms with Crippen molar-refractivity contribution in [3.63, 3.8) is 0 Å². The van der Waals surface area contributed by atoms with Gasteiger partial charge in [0.2, 0.25) is 0 Å². The van der Waals surface area contributed by atoms with Crippen molar-refractivity contribution in [3.8, 4) is 17.1 Å². The van der Waals surface area contributed by atoms with Crippen LogP contribution < -0.4 is 4.74 Å². The van der Waals surface area contributed by atoms with Crippen molar-refractivity contribution in [2.45, 2.75) is 34.3 Å². The summed E-state index contributed by atoms with van der Waals surface area (Å²) in [6, 6.07) is 7.79. The maximum Gasteiger partial charge on any atom is 0.406 e. The molecule has 0 unspecified atom stereocenters. The van der Waals surface area contributed by atoms with Gasteiger partial charge in [0.05, 0.1) is 12.0 Å². The minimum absolute atomic E-state index is 0.0819. The molecule has 3 rings (SSSR count). The molecule has 0 spiro atoms. The minimum atomic E-state index is -4.46. The molecule has 0 N–H and O–H groups in total. The molecule has 0 fully saturated rings. The molecular weight excluding hydrogens is 447 g/mol. The number of rotatable bonds is 8. The minimum Gasteiger partial charge on any atom is -0.496 e. The Hall–Kier alpha value is -2.34. The van der Waals surface area contributed by atoms with E-state index in [2.05, 4.69) is 15.2 Å². The Morgan fingerprint density at radius 1 is 1.10 bits per heavy atom. The molecule has 0 saturated carbocycles. The van der Waals surface area contributed by atoms with Gasteiger partial charge in [-0.2, -0.15) is 22.0 Å². The summed E-state index contributed by atoms with van der Waals surface area (Å²) in [5.74, 6) is -1.99. The topological polar surface area (TPSA) is 52.8 Å². The van der Waals surface area contributed by atoms with Crippen molar-refractivity contribution < 1.29 is 26.7 Å². The summed E-state index contributed by atoms with van der Waals surface area (Å²) >= 11 is 1.42. The Bertz CT molecular complexity index is 982. The van der Waals surface area contributed by atoms with Crippen LogP contribution in [0.4, 0.5) is 22.0 Å². The summed E-state index contributed by atoms with van der Waals surface area (Å²) in [6.45, 7) is -1.24. The molecule has 0 amide bonds. The van der Waals surface area contributed by atoms with Crippen molar-refractivity contribution in [3.05, 3.63) is 48.3 Å². The van der Waals surface area contributed by atoms with Crippen LogP contribution in [0, 0.1) is 0 Å². The number of benzene rings is 1. The predicted octanol–water partition coefficient (Wildman–Crippen LogP) is 5.52. The van der Waals surface area contributed by atoms with Crippen LogP contribution in [0.25, 0.3) is 11.4 Å². The largest absolute Gasteiger partial charge is 0.496 e. The molecule has 0 aliphatic carbocycles. The Morgan fingerprint density at radius 2 is 1.83 bits per heavy atom. The van der Waals surface area contributed by atoms with E-state index in [1.165, 1.54) is 25.6 Å². The Morgan fingerprint density at radius 3 is 2.47 bits per heavy atom. The first-order valence-corrected chi connectivity index (χ1v) is 10.3. The van der Waals surface area contributed by atoms with Gasteiger partial charge in [0.1, 0.15) is 12.3 Å². The van der Waals surface area contributed by atoms with Gasteiger partial charge in [-0.15, -0.1) is 10.2 Å². The predicted molar refractivity (Wildman–Crippen MR) is 104 cm³/mol. The van der Waals surface area contributed by atoms with Gasteiger partial charge in [0.15, 0.2) is 11.0 Å². The lowest BCUT2D eigenvalue weighted by Crippen LogP contribution is -2.19. The number of alkyl halides is 5.